The van der Waals surface area contributed by atoms with E-state index in [4.69, 9.17) is 5.73 Å². The monoisotopic (exact) mass is 250 g/mol. The minimum absolute atomic E-state index is 0.595. The first kappa shape index (κ1) is 9.80. The summed E-state index contributed by atoms with van der Waals surface area (Å²) in [6.07, 6.45) is 0. The highest BCUT2D eigenvalue weighted by Gasteiger charge is 2.15. The lowest BCUT2D eigenvalue weighted by Crippen LogP contribution is -1.91. The minimum Gasteiger partial charge on any atom is -0.375 e. The van der Waals surface area contributed by atoms with Crippen molar-refractivity contribution in [2.24, 2.45) is 0 Å². The summed E-state index contributed by atoms with van der Waals surface area (Å²) in [4.78, 5) is 9.86. The lowest BCUT2D eigenvalue weighted by atomic mass is 10.3. The molecule has 82 valence electrons. The number of nitrogens with zero attached hydrogens (tertiary/aromatic N) is 3. The van der Waals surface area contributed by atoms with Gasteiger partial charge in [-0.25, -0.2) is 9.97 Å². The Hall–Kier alpha value is -1.40. The first-order chi connectivity index (χ1) is 7.66. The van der Waals surface area contributed by atoms with Gasteiger partial charge in [0.2, 0.25) is 0 Å². The van der Waals surface area contributed by atoms with Crippen molar-refractivity contribution in [1.29, 1.82) is 0 Å². The number of imidazole rings is 1. The number of rotatable bonds is 1. The van der Waals surface area contributed by atoms with E-state index in [0.29, 0.717) is 5.13 Å². The van der Waals surface area contributed by atoms with Crippen molar-refractivity contribution in [3.8, 4) is 11.4 Å². The molecule has 0 aromatic carbocycles. The summed E-state index contributed by atoms with van der Waals surface area (Å²) < 4.78 is 2.13. The van der Waals surface area contributed by atoms with E-state index in [1.165, 1.54) is 17.0 Å². The van der Waals surface area contributed by atoms with Crippen LogP contribution in [0.3, 0.4) is 0 Å². The van der Waals surface area contributed by atoms with E-state index in [9.17, 15) is 0 Å². The number of nitrogen functional groups attached to an aromatic ring is 1. The van der Waals surface area contributed by atoms with Gasteiger partial charge in [-0.1, -0.05) is 0 Å². The SMILES string of the molecule is Cc1nc2scc(C)n2c1-c1csc(N)n1. The van der Waals surface area contributed by atoms with Crippen LogP contribution >= 0.6 is 22.7 Å². The molecule has 0 saturated heterocycles. The molecule has 0 radical (unpaired) electrons. The quantitative estimate of drug-likeness (QED) is 0.722. The summed E-state index contributed by atoms with van der Waals surface area (Å²) in [5.41, 5.74) is 9.82. The Labute approximate surface area is 100 Å². The molecule has 0 saturated carbocycles. The van der Waals surface area contributed by atoms with Gasteiger partial charge in [-0.2, -0.15) is 0 Å². The second-order valence-electron chi connectivity index (χ2n) is 3.61. The van der Waals surface area contributed by atoms with E-state index >= 15 is 0 Å². The van der Waals surface area contributed by atoms with Crippen molar-refractivity contribution >= 4 is 32.8 Å². The topological polar surface area (TPSA) is 56.2 Å². The van der Waals surface area contributed by atoms with Crippen LogP contribution in [0.25, 0.3) is 16.3 Å². The number of nitrogens with two attached hydrogens (primary N) is 1. The number of hydrogen-bond acceptors (Lipinski definition) is 5. The van der Waals surface area contributed by atoms with Crippen molar-refractivity contribution in [2.45, 2.75) is 13.8 Å². The standard InChI is InChI=1S/C10H10N4S2/c1-5-3-16-10-12-6(2)8(14(5)10)7-4-15-9(11)13-7/h3-4H,1-2H3,(H2,11,13). The number of thiazole rings is 2. The van der Waals surface area contributed by atoms with Crippen LogP contribution in [0.15, 0.2) is 10.8 Å². The molecule has 0 spiro atoms. The molecule has 0 fully saturated rings. The average Bonchev–Trinajstić information content (AvgIpc) is 2.86. The Morgan fingerprint density at radius 3 is 2.69 bits per heavy atom. The molecular formula is C10H10N4S2. The summed E-state index contributed by atoms with van der Waals surface area (Å²) >= 11 is 3.10. The van der Waals surface area contributed by atoms with Gasteiger partial charge in [-0.15, -0.1) is 22.7 Å². The summed E-state index contributed by atoms with van der Waals surface area (Å²) in [6, 6.07) is 0. The van der Waals surface area contributed by atoms with Crippen LogP contribution < -0.4 is 5.73 Å². The first-order valence-electron chi connectivity index (χ1n) is 4.81. The molecule has 0 bridgehead atoms. The third kappa shape index (κ3) is 1.27. The van der Waals surface area contributed by atoms with Crippen molar-refractivity contribution in [1.82, 2.24) is 14.4 Å². The van der Waals surface area contributed by atoms with Crippen molar-refractivity contribution in [3.05, 3.63) is 22.1 Å². The molecule has 0 amide bonds. The van der Waals surface area contributed by atoms with Gasteiger partial charge in [0, 0.05) is 16.5 Å². The Morgan fingerprint density at radius 1 is 1.19 bits per heavy atom. The molecule has 3 aromatic heterocycles. The van der Waals surface area contributed by atoms with E-state index in [0.717, 1.165) is 22.0 Å². The van der Waals surface area contributed by atoms with E-state index in [1.54, 1.807) is 11.3 Å². The maximum Gasteiger partial charge on any atom is 0.194 e. The smallest absolute Gasteiger partial charge is 0.194 e. The second-order valence-corrected chi connectivity index (χ2v) is 5.34. The molecule has 16 heavy (non-hydrogen) atoms. The normalized spacial score (nSPS) is 11.4. The molecule has 3 aromatic rings. The molecule has 0 aliphatic carbocycles. The van der Waals surface area contributed by atoms with Crippen molar-refractivity contribution in [3.63, 3.8) is 0 Å². The van der Waals surface area contributed by atoms with Gasteiger partial charge in [0.15, 0.2) is 10.1 Å². The summed E-state index contributed by atoms with van der Waals surface area (Å²) in [7, 11) is 0. The molecule has 0 aliphatic rings. The number of fused-ring (bicyclic) bond motifs is 1. The highest BCUT2D eigenvalue weighted by atomic mass is 32.1. The number of anilines is 1. The Kier molecular flexibility index (Phi) is 2.02. The van der Waals surface area contributed by atoms with E-state index in [1.807, 2.05) is 12.3 Å². The first-order valence-corrected chi connectivity index (χ1v) is 6.57. The number of aryl methyl sites for hydroxylation is 2. The largest absolute Gasteiger partial charge is 0.375 e. The van der Waals surface area contributed by atoms with Crippen LogP contribution in [0.1, 0.15) is 11.4 Å². The fourth-order valence-corrected chi connectivity index (χ4v) is 3.26. The zero-order chi connectivity index (χ0) is 11.3. The fourth-order valence-electron chi connectivity index (χ4n) is 1.80. The van der Waals surface area contributed by atoms with Gasteiger partial charge in [0.05, 0.1) is 11.4 Å². The van der Waals surface area contributed by atoms with E-state index in [2.05, 4.69) is 26.7 Å². The maximum atomic E-state index is 5.67. The molecule has 4 nitrogen and oxygen atoms in total. The van der Waals surface area contributed by atoms with Crippen molar-refractivity contribution in [2.75, 3.05) is 5.73 Å². The number of hydrogen-bond donors (Lipinski definition) is 1. The summed E-state index contributed by atoms with van der Waals surface area (Å²) in [5.74, 6) is 0. The van der Waals surface area contributed by atoms with Crippen molar-refractivity contribution < 1.29 is 0 Å². The highest BCUT2D eigenvalue weighted by molar-refractivity contribution is 7.15. The van der Waals surface area contributed by atoms with E-state index in [-0.39, 0.29) is 0 Å². The molecule has 0 atom stereocenters. The Morgan fingerprint density at radius 2 is 2.00 bits per heavy atom. The van der Waals surface area contributed by atoms with Crippen LogP contribution in [-0.4, -0.2) is 14.4 Å². The molecule has 3 rings (SSSR count). The predicted molar refractivity (Wildman–Crippen MR) is 68.1 cm³/mol. The molecule has 0 aliphatic heterocycles. The van der Waals surface area contributed by atoms with E-state index < -0.39 is 0 Å². The van der Waals surface area contributed by atoms with Gasteiger partial charge < -0.3 is 5.73 Å². The highest BCUT2D eigenvalue weighted by Crippen LogP contribution is 2.30. The van der Waals surface area contributed by atoms with Gasteiger partial charge in [-0.05, 0) is 13.8 Å². The zero-order valence-electron chi connectivity index (χ0n) is 8.89. The zero-order valence-corrected chi connectivity index (χ0v) is 10.5. The van der Waals surface area contributed by atoms with Crippen LogP contribution in [0.4, 0.5) is 5.13 Å². The fraction of sp³-hybridized carbons (Fsp3) is 0.200. The van der Waals surface area contributed by atoms with Gasteiger partial charge in [0.25, 0.3) is 0 Å². The lowest BCUT2D eigenvalue weighted by molar-refractivity contribution is 1.12. The molecule has 6 heteroatoms. The third-order valence-corrected chi connectivity index (χ3v) is 4.09. The lowest BCUT2D eigenvalue weighted by Gasteiger charge is -1.98. The van der Waals surface area contributed by atoms with Gasteiger partial charge in [0.1, 0.15) is 5.69 Å². The average molecular weight is 250 g/mol. The number of aromatic nitrogens is 3. The second kappa shape index (κ2) is 3.29. The third-order valence-electron chi connectivity index (χ3n) is 2.47. The van der Waals surface area contributed by atoms with Crippen LogP contribution in [0, 0.1) is 13.8 Å². The van der Waals surface area contributed by atoms with Gasteiger partial charge in [-0.3, -0.25) is 4.40 Å². The van der Waals surface area contributed by atoms with Crippen LogP contribution in [-0.2, 0) is 0 Å². The summed E-state index contributed by atoms with van der Waals surface area (Å²) in [5, 5.41) is 4.67. The van der Waals surface area contributed by atoms with Crippen LogP contribution in [0.5, 0.6) is 0 Å². The predicted octanol–water partition coefficient (Wildman–Crippen LogP) is 2.72. The van der Waals surface area contributed by atoms with Gasteiger partial charge >= 0.3 is 0 Å². The van der Waals surface area contributed by atoms with Crippen LogP contribution in [0.2, 0.25) is 0 Å². The molecule has 2 N–H and O–H groups in total. The molecule has 0 unspecified atom stereocenters. The molecule has 3 heterocycles. The summed E-state index contributed by atoms with van der Waals surface area (Å²) in [6.45, 7) is 4.08. The Balaban J connectivity index is 2.36. The molecular weight excluding hydrogens is 240 g/mol. The minimum atomic E-state index is 0.595. The maximum absolute atomic E-state index is 5.67. The Bertz CT molecular complexity index is 662.